The lowest BCUT2D eigenvalue weighted by molar-refractivity contribution is 0.549. The standard InChI is InChI=1S/C18H23FN2/c1-4-20-18(15-10-8-14(2)9-11-15)13-21(3)17-7-5-6-16(19)12-17/h5-12,18,20H,4,13H2,1-3H3. The van der Waals surface area contributed by atoms with E-state index in [2.05, 4.69) is 48.3 Å². The van der Waals surface area contributed by atoms with E-state index >= 15 is 0 Å². The van der Waals surface area contributed by atoms with Crippen molar-refractivity contribution in [1.82, 2.24) is 5.32 Å². The van der Waals surface area contributed by atoms with Gasteiger partial charge in [-0.2, -0.15) is 0 Å². The highest BCUT2D eigenvalue weighted by molar-refractivity contribution is 5.46. The lowest BCUT2D eigenvalue weighted by atomic mass is 10.0. The van der Waals surface area contributed by atoms with Crippen LogP contribution in [0.15, 0.2) is 48.5 Å². The van der Waals surface area contributed by atoms with Crippen molar-refractivity contribution in [1.29, 1.82) is 0 Å². The monoisotopic (exact) mass is 286 g/mol. The molecule has 0 saturated heterocycles. The molecule has 2 nitrogen and oxygen atoms in total. The maximum absolute atomic E-state index is 13.3. The number of aryl methyl sites for hydroxylation is 1. The van der Waals surface area contributed by atoms with Crippen molar-refractivity contribution in [3.05, 3.63) is 65.5 Å². The first-order valence-corrected chi connectivity index (χ1v) is 7.37. The Morgan fingerprint density at radius 2 is 1.86 bits per heavy atom. The fourth-order valence-corrected chi connectivity index (χ4v) is 2.43. The first-order valence-electron chi connectivity index (χ1n) is 7.37. The summed E-state index contributed by atoms with van der Waals surface area (Å²) < 4.78 is 13.3. The Labute approximate surface area is 126 Å². The first-order chi connectivity index (χ1) is 10.1. The van der Waals surface area contributed by atoms with Crippen molar-refractivity contribution in [2.75, 3.05) is 25.0 Å². The summed E-state index contributed by atoms with van der Waals surface area (Å²) in [6, 6.07) is 15.5. The van der Waals surface area contributed by atoms with Gasteiger partial charge in [0, 0.05) is 25.3 Å². The SMILES string of the molecule is CCNC(CN(C)c1cccc(F)c1)c1ccc(C)cc1. The van der Waals surface area contributed by atoms with Gasteiger partial charge in [-0.25, -0.2) is 4.39 Å². The van der Waals surface area contributed by atoms with Crippen LogP contribution in [0.4, 0.5) is 10.1 Å². The van der Waals surface area contributed by atoms with Crippen LogP contribution >= 0.6 is 0 Å². The minimum absolute atomic E-state index is 0.199. The summed E-state index contributed by atoms with van der Waals surface area (Å²) in [6.07, 6.45) is 0. The number of hydrogen-bond acceptors (Lipinski definition) is 2. The van der Waals surface area contributed by atoms with Gasteiger partial charge >= 0.3 is 0 Å². The molecule has 0 aromatic heterocycles. The number of rotatable bonds is 6. The molecule has 2 aromatic carbocycles. The summed E-state index contributed by atoms with van der Waals surface area (Å²) in [4.78, 5) is 2.08. The fourth-order valence-electron chi connectivity index (χ4n) is 2.43. The molecular weight excluding hydrogens is 263 g/mol. The molecule has 1 atom stereocenters. The van der Waals surface area contributed by atoms with Crippen LogP contribution in [-0.2, 0) is 0 Å². The Bertz CT molecular complexity index is 566. The average molecular weight is 286 g/mol. The summed E-state index contributed by atoms with van der Waals surface area (Å²) in [6.45, 7) is 5.88. The van der Waals surface area contributed by atoms with Crippen molar-refractivity contribution in [3.63, 3.8) is 0 Å². The predicted molar refractivity (Wildman–Crippen MR) is 87.3 cm³/mol. The Morgan fingerprint density at radius 3 is 2.48 bits per heavy atom. The van der Waals surface area contributed by atoms with Gasteiger partial charge in [0.2, 0.25) is 0 Å². The zero-order valence-corrected chi connectivity index (χ0v) is 12.9. The second-order valence-corrected chi connectivity index (χ2v) is 5.38. The summed E-state index contributed by atoms with van der Waals surface area (Å²) >= 11 is 0. The summed E-state index contributed by atoms with van der Waals surface area (Å²) in [5.41, 5.74) is 3.41. The van der Waals surface area contributed by atoms with Gasteiger partial charge in [-0.05, 0) is 37.2 Å². The number of anilines is 1. The van der Waals surface area contributed by atoms with Gasteiger partial charge < -0.3 is 10.2 Å². The van der Waals surface area contributed by atoms with E-state index in [1.165, 1.54) is 17.2 Å². The van der Waals surface area contributed by atoms with Gasteiger partial charge in [0.25, 0.3) is 0 Å². The number of nitrogens with zero attached hydrogens (tertiary/aromatic N) is 1. The molecule has 3 heteroatoms. The average Bonchev–Trinajstić information content (AvgIpc) is 2.47. The molecule has 0 fully saturated rings. The zero-order chi connectivity index (χ0) is 15.2. The number of likely N-dealkylation sites (N-methyl/N-ethyl adjacent to an activating group) is 2. The number of nitrogens with one attached hydrogen (secondary N) is 1. The molecule has 21 heavy (non-hydrogen) atoms. The van der Waals surface area contributed by atoms with Crippen LogP contribution in [0.2, 0.25) is 0 Å². The van der Waals surface area contributed by atoms with Crippen molar-refractivity contribution in [3.8, 4) is 0 Å². The highest BCUT2D eigenvalue weighted by Gasteiger charge is 2.13. The fraction of sp³-hybridized carbons (Fsp3) is 0.333. The van der Waals surface area contributed by atoms with E-state index in [9.17, 15) is 4.39 Å². The Kier molecular flexibility index (Phi) is 5.34. The van der Waals surface area contributed by atoms with Gasteiger partial charge in [0.1, 0.15) is 5.82 Å². The van der Waals surface area contributed by atoms with E-state index in [1.807, 2.05) is 13.1 Å². The van der Waals surface area contributed by atoms with E-state index in [-0.39, 0.29) is 11.9 Å². The molecule has 0 aliphatic carbocycles. The maximum Gasteiger partial charge on any atom is 0.125 e. The topological polar surface area (TPSA) is 15.3 Å². The normalized spacial score (nSPS) is 12.2. The van der Waals surface area contributed by atoms with Crippen LogP contribution in [0.5, 0.6) is 0 Å². The van der Waals surface area contributed by atoms with Gasteiger partial charge in [-0.1, -0.05) is 42.8 Å². The van der Waals surface area contributed by atoms with E-state index in [0.717, 1.165) is 18.8 Å². The molecule has 0 radical (unpaired) electrons. The van der Waals surface area contributed by atoms with Crippen molar-refractivity contribution < 1.29 is 4.39 Å². The van der Waals surface area contributed by atoms with Gasteiger partial charge in [-0.3, -0.25) is 0 Å². The molecule has 0 aliphatic heterocycles. The van der Waals surface area contributed by atoms with Crippen LogP contribution in [0.3, 0.4) is 0 Å². The highest BCUT2D eigenvalue weighted by Crippen LogP contribution is 2.20. The van der Waals surface area contributed by atoms with Gasteiger partial charge in [0.05, 0.1) is 0 Å². The van der Waals surface area contributed by atoms with Crippen LogP contribution in [0.1, 0.15) is 24.1 Å². The molecule has 1 unspecified atom stereocenters. The summed E-state index contributed by atoms with van der Waals surface area (Å²) in [5.74, 6) is -0.199. The molecule has 0 saturated carbocycles. The Hall–Kier alpha value is -1.87. The van der Waals surface area contributed by atoms with Crippen molar-refractivity contribution >= 4 is 5.69 Å². The molecule has 2 rings (SSSR count). The minimum Gasteiger partial charge on any atom is -0.373 e. The van der Waals surface area contributed by atoms with Crippen LogP contribution < -0.4 is 10.2 Å². The second kappa shape index (κ2) is 7.23. The van der Waals surface area contributed by atoms with Gasteiger partial charge in [-0.15, -0.1) is 0 Å². The second-order valence-electron chi connectivity index (χ2n) is 5.38. The molecule has 0 amide bonds. The molecule has 0 spiro atoms. The smallest absolute Gasteiger partial charge is 0.125 e. The van der Waals surface area contributed by atoms with E-state index in [4.69, 9.17) is 0 Å². The third-order valence-corrected chi connectivity index (χ3v) is 3.64. The third-order valence-electron chi connectivity index (χ3n) is 3.64. The van der Waals surface area contributed by atoms with Crippen molar-refractivity contribution in [2.45, 2.75) is 19.9 Å². The molecular formula is C18H23FN2. The maximum atomic E-state index is 13.3. The lowest BCUT2D eigenvalue weighted by Crippen LogP contribution is -2.33. The van der Waals surface area contributed by atoms with Crippen LogP contribution in [0.25, 0.3) is 0 Å². The summed E-state index contributed by atoms with van der Waals surface area (Å²) in [5, 5.41) is 3.50. The van der Waals surface area contributed by atoms with E-state index in [0.29, 0.717) is 0 Å². The number of benzene rings is 2. The molecule has 2 aromatic rings. The molecule has 0 aliphatic rings. The number of halogens is 1. The molecule has 1 N–H and O–H groups in total. The lowest BCUT2D eigenvalue weighted by Gasteiger charge is -2.27. The quantitative estimate of drug-likeness (QED) is 0.866. The molecule has 112 valence electrons. The first kappa shape index (κ1) is 15.5. The third kappa shape index (κ3) is 4.30. The number of hydrogen-bond donors (Lipinski definition) is 1. The molecule has 0 heterocycles. The van der Waals surface area contributed by atoms with Crippen LogP contribution in [-0.4, -0.2) is 20.1 Å². The molecule has 0 bridgehead atoms. The van der Waals surface area contributed by atoms with Gasteiger partial charge in [0.15, 0.2) is 0 Å². The van der Waals surface area contributed by atoms with E-state index < -0.39 is 0 Å². The highest BCUT2D eigenvalue weighted by atomic mass is 19.1. The van der Waals surface area contributed by atoms with E-state index in [1.54, 1.807) is 12.1 Å². The Balaban J connectivity index is 2.14. The minimum atomic E-state index is -0.199. The predicted octanol–water partition coefficient (Wildman–Crippen LogP) is 3.92. The zero-order valence-electron chi connectivity index (χ0n) is 12.9. The summed E-state index contributed by atoms with van der Waals surface area (Å²) in [7, 11) is 1.99. The Morgan fingerprint density at radius 1 is 1.14 bits per heavy atom. The van der Waals surface area contributed by atoms with Crippen molar-refractivity contribution in [2.24, 2.45) is 0 Å². The van der Waals surface area contributed by atoms with Crippen LogP contribution in [0, 0.1) is 12.7 Å². The largest absolute Gasteiger partial charge is 0.373 e.